The van der Waals surface area contributed by atoms with E-state index in [-0.39, 0.29) is 16.8 Å². The molecule has 2 aliphatic rings. The molecule has 0 bridgehead atoms. The average Bonchev–Trinajstić information content (AvgIpc) is 3.40. The maximum atomic E-state index is 12.6. The summed E-state index contributed by atoms with van der Waals surface area (Å²) < 4.78 is 27.4. The summed E-state index contributed by atoms with van der Waals surface area (Å²) in [5, 5.41) is 5.28. The van der Waals surface area contributed by atoms with Crippen LogP contribution >= 0.6 is 11.3 Å². The lowest BCUT2D eigenvalue weighted by molar-refractivity contribution is 0.102. The minimum absolute atomic E-state index is 0.0225. The van der Waals surface area contributed by atoms with Crippen molar-refractivity contribution < 1.29 is 13.2 Å². The molecule has 1 saturated carbocycles. The predicted molar refractivity (Wildman–Crippen MR) is 114 cm³/mol. The minimum atomic E-state index is -3.59. The lowest BCUT2D eigenvalue weighted by atomic mass is 9.99. The van der Waals surface area contributed by atoms with Crippen LogP contribution in [0, 0.1) is 5.92 Å². The van der Waals surface area contributed by atoms with Gasteiger partial charge in [-0.2, -0.15) is 0 Å². The Hall–Kier alpha value is -1.81. The van der Waals surface area contributed by atoms with Crippen LogP contribution in [-0.4, -0.2) is 43.3 Å². The van der Waals surface area contributed by atoms with E-state index in [0.717, 1.165) is 44.1 Å². The minimum Gasteiger partial charge on any atom is -0.298 e. The highest BCUT2D eigenvalue weighted by atomic mass is 32.2. The predicted octanol–water partition coefficient (Wildman–Crippen LogP) is 3.07. The first-order chi connectivity index (χ1) is 13.9. The molecule has 0 spiro atoms. The Labute approximate surface area is 175 Å². The molecule has 29 heavy (non-hydrogen) atoms. The first kappa shape index (κ1) is 20.5. The highest BCUT2D eigenvalue weighted by Gasteiger charge is 2.28. The number of anilines is 1. The molecule has 7 nitrogen and oxygen atoms in total. The first-order valence-electron chi connectivity index (χ1n) is 9.99. The fourth-order valence-electron chi connectivity index (χ4n) is 3.35. The van der Waals surface area contributed by atoms with Crippen LogP contribution in [0.2, 0.25) is 0 Å². The topological polar surface area (TPSA) is 91.4 Å². The molecular weight excluding hydrogens is 408 g/mol. The molecule has 2 fully saturated rings. The van der Waals surface area contributed by atoms with Crippen LogP contribution in [0.1, 0.15) is 48.7 Å². The highest BCUT2D eigenvalue weighted by Crippen LogP contribution is 2.24. The number of aromatic nitrogens is 1. The Bertz CT molecular complexity index is 977. The van der Waals surface area contributed by atoms with Crippen LogP contribution in [0.5, 0.6) is 0 Å². The van der Waals surface area contributed by atoms with Gasteiger partial charge in [0.15, 0.2) is 5.13 Å². The molecule has 2 aromatic rings. The maximum absolute atomic E-state index is 12.6. The van der Waals surface area contributed by atoms with Gasteiger partial charge >= 0.3 is 0 Å². The number of thiazole rings is 1. The highest BCUT2D eigenvalue weighted by molar-refractivity contribution is 7.89. The van der Waals surface area contributed by atoms with Gasteiger partial charge in [0.2, 0.25) is 10.0 Å². The number of sulfonamides is 1. The van der Waals surface area contributed by atoms with Gasteiger partial charge < -0.3 is 0 Å². The third-order valence-electron chi connectivity index (χ3n) is 5.34. The molecule has 2 N–H and O–H groups in total. The molecule has 1 aromatic heterocycles. The van der Waals surface area contributed by atoms with E-state index >= 15 is 0 Å². The van der Waals surface area contributed by atoms with Crippen molar-refractivity contribution in [1.29, 1.82) is 0 Å². The molecule has 0 atom stereocenters. The van der Waals surface area contributed by atoms with Gasteiger partial charge in [0.1, 0.15) is 0 Å². The van der Waals surface area contributed by atoms with Crippen LogP contribution in [0.3, 0.4) is 0 Å². The van der Waals surface area contributed by atoms with E-state index in [9.17, 15) is 13.2 Å². The molecular formula is C20H26N4O3S2. The molecule has 0 radical (unpaired) electrons. The third-order valence-corrected chi connectivity index (χ3v) is 7.66. The van der Waals surface area contributed by atoms with Crippen molar-refractivity contribution in [3.63, 3.8) is 0 Å². The van der Waals surface area contributed by atoms with E-state index in [4.69, 9.17) is 0 Å². The summed E-state index contributed by atoms with van der Waals surface area (Å²) in [4.78, 5) is 19.6. The summed E-state index contributed by atoms with van der Waals surface area (Å²) in [5.74, 6) is 0.428. The second-order valence-electron chi connectivity index (χ2n) is 7.98. The van der Waals surface area contributed by atoms with Crippen molar-refractivity contribution in [2.24, 2.45) is 5.92 Å². The van der Waals surface area contributed by atoms with E-state index in [1.807, 2.05) is 5.38 Å². The zero-order chi connectivity index (χ0) is 20.4. The molecule has 2 heterocycles. The van der Waals surface area contributed by atoms with Crippen LogP contribution < -0.4 is 10.0 Å². The number of hydrogen-bond acceptors (Lipinski definition) is 6. The number of benzene rings is 1. The van der Waals surface area contributed by atoms with Crippen LogP contribution in [0.25, 0.3) is 0 Å². The van der Waals surface area contributed by atoms with E-state index in [1.165, 1.54) is 36.3 Å². The van der Waals surface area contributed by atoms with Gasteiger partial charge in [-0.3, -0.25) is 15.0 Å². The Morgan fingerprint density at radius 1 is 1.24 bits per heavy atom. The van der Waals surface area contributed by atoms with Crippen LogP contribution in [0.15, 0.2) is 34.5 Å². The maximum Gasteiger partial charge on any atom is 0.257 e. The fraction of sp³-hybridized carbons (Fsp3) is 0.500. The lowest BCUT2D eigenvalue weighted by Gasteiger charge is -2.29. The van der Waals surface area contributed by atoms with Gasteiger partial charge in [0.05, 0.1) is 10.6 Å². The second kappa shape index (κ2) is 8.51. The van der Waals surface area contributed by atoms with Gasteiger partial charge in [-0.25, -0.2) is 18.1 Å². The summed E-state index contributed by atoms with van der Waals surface area (Å²) in [7, 11) is -3.59. The summed E-state index contributed by atoms with van der Waals surface area (Å²) >= 11 is 1.39. The smallest absolute Gasteiger partial charge is 0.257 e. The van der Waals surface area contributed by atoms with Crippen LogP contribution in [0.4, 0.5) is 5.13 Å². The number of amides is 1. The Morgan fingerprint density at radius 2 is 2.00 bits per heavy atom. The Kier molecular flexibility index (Phi) is 6.00. The van der Waals surface area contributed by atoms with Crippen molar-refractivity contribution >= 4 is 32.4 Å². The number of hydrogen-bond donors (Lipinski definition) is 2. The van der Waals surface area contributed by atoms with Crippen molar-refractivity contribution in [3.8, 4) is 0 Å². The molecule has 1 aromatic carbocycles. The Morgan fingerprint density at radius 3 is 2.72 bits per heavy atom. The van der Waals surface area contributed by atoms with E-state index in [1.54, 1.807) is 12.1 Å². The zero-order valence-corrected chi connectivity index (χ0v) is 18.1. The molecule has 1 saturated heterocycles. The van der Waals surface area contributed by atoms with Gasteiger partial charge in [0.25, 0.3) is 5.91 Å². The van der Waals surface area contributed by atoms with Gasteiger partial charge in [-0.05, 0) is 62.9 Å². The van der Waals surface area contributed by atoms with E-state index < -0.39 is 10.0 Å². The SMILES string of the molecule is CC1CCN(Cc2csc(NC(=O)c3cccc(S(=O)(=O)NC4CC4)c3)n2)CC1. The number of nitrogens with zero attached hydrogens (tertiary/aromatic N) is 2. The number of carbonyl (C=O) groups excluding carboxylic acids is 1. The second-order valence-corrected chi connectivity index (χ2v) is 10.6. The summed E-state index contributed by atoms with van der Waals surface area (Å²) in [6.45, 7) is 5.24. The van der Waals surface area contributed by atoms with Gasteiger partial charge in [-0.15, -0.1) is 11.3 Å². The van der Waals surface area contributed by atoms with Crippen LogP contribution in [-0.2, 0) is 16.6 Å². The van der Waals surface area contributed by atoms with Crippen molar-refractivity contribution in [2.75, 3.05) is 18.4 Å². The Balaban J connectivity index is 1.38. The largest absolute Gasteiger partial charge is 0.298 e. The molecule has 1 aliphatic carbocycles. The van der Waals surface area contributed by atoms with E-state index in [0.29, 0.717) is 10.7 Å². The lowest BCUT2D eigenvalue weighted by Crippen LogP contribution is -2.32. The summed E-state index contributed by atoms with van der Waals surface area (Å²) in [6, 6.07) is 6.12. The van der Waals surface area contributed by atoms with Crippen molar-refractivity contribution in [3.05, 3.63) is 40.9 Å². The van der Waals surface area contributed by atoms with Crippen molar-refractivity contribution in [1.82, 2.24) is 14.6 Å². The first-order valence-corrected chi connectivity index (χ1v) is 12.4. The molecule has 156 valence electrons. The van der Waals surface area contributed by atoms with Crippen molar-refractivity contribution in [2.45, 2.75) is 50.1 Å². The molecule has 0 unspecified atom stereocenters. The summed E-state index contributed by atoms with van der Waals surface area (Å²) in [6.07, 6.45) is 4.15. The number of piperidine rings is 1. The van der Waals surface area contributed by atoms with Gasteiger partial charge in [0, 0.05) is 23.5 Å². The van der Waals surface area contributed by atoms with Gasteiger partial charge in [-0.1, -0.05) is 13.0 Å². The number of rotatable bonds is 7. The number of likely N-dealkylation sites (tertiary alicyclic amines) is 1. The van der Waals surface area contributed by atoms with E-state index in [2.05, 4.69) is 26.8 Å². The normalized spacial score (nSPS) is 18.7. The molecule has 4 rings (SSSR count). The zero-order valence-electron chi connectivity index (χ0n) is 16.4. The standard InChI is InChI=1S/C20H26N4O3S2/c1-14-7-9-24(10-8-14)12-17-13-28-20(21-17)22-19(25)15-3-2-4-18(11-15)29(26,27)23-16-5-6-16/h2-4,11,13-14,16,23H,5-10,12H2,1H3,(H,21,22,25). The molecule has 9 heteroatoms. The monoisotopic (exact) mass is 434 g/mol. The average molecular weight is 435 g/mol. The third kappa shape index (κ3) is 5.42. The quantitative estimate of drug-likeness (QED) is 0.699. The fourth-order valence-corrected chi connectivity index (χ4v) is 5.40. The number of nitrogens with one attached hydrogen (secondary N) is 2. The summed E-state index contributed by atoms with van der Waals surface area (Å²) in [5.41, 5.74) is 1.25. The molecule has 1 amide bonds. The number of carbonyl (C=O) groups is 1. The molecule has 1 aliphatic heterocycles.